The molecule has 1 heterocycles. The van der Waals surface area contributed by atoms with Crippen molar-refractivity contribution >= 4 is 23.7 Å². The highest BCUT2D eigenvalue weighted by Gasteiger charge is 2.51. The Balaban J connectivity index is 1.48. The summed E-state index contributed by atoms with van der Waals surface area (Å²) in [6, 6.07) is 7.70. The van der Waals surface area contributed by atoms with E-state index >= 15 is 0 Å². The summed E-state index contributed by atoms with van der Waals surface area (Å²) in [7, 11) is 0. The molecule has 1 aliphatic heterocycles. The van der Waals surface area contributed by atoms with Crippen molar-refractivity contribution in [3.05, 3.63) is 65.1 Å². The molecule has 2 saturated carbocycles. The molecule has 2 fully saturated rings. The van der Waals surface area contributed by atoms with Gasteiger partial charge in [-0.2, -0.15) is 0 Å². The molecule has 0 spiro atoms. The normalized spacial score (nSPS) is 24.5. The first kappa shape index (κ1) is 24.2. The van der Waals surface area contributed by atoms with Crippen molar-refractivity contribution in [2.75, 3.05) is 4.90 Å². The van der Waals surface area contributed by atoms with Gasteiger partial charge >= 0.3 is 12.1 Å². The molecule has 1 aromatic carbocycles. The van der Waals surface area contributed by atoms with E-state index in [0.717, 1.165) is 48.9 Å². The molecule has 0 aromatic heterocycles. The summed E-state index contributed by atoms with van der Waals surface area (Å²) >= 11 is 0. The lowest BCUT2D eigenvalue weighted by atomic mass is 9.81. The lowest BCUT2D eigenvalue weighted by Gasteiger charge is -2.47. The number of para-hydroxylation sites is 1. The topological polar surface area (TPSA) is 87.2 Å². The van der Waals surface area contributed by atoms with Crippen LogP contribution in [0.4, 0.5) is 10.5 Å². The SMILES string of the molecule is CC[C@H](OC(=O)N1c2ccccc2C(N(C(=O)CCC(=O)O)C2CC2)C2CCCC21)C1=C=C=CC=C1. The van der Waals surface area contributed by atoms with E-state index in [1.165, 1.54) is 0 Å². The number of hydrogen-bond donors (Lipinski definition) is 1. The van der Waals surface area contributed by atoms with E-state index in [-0.39, 0.29) is 48.9 Å². The Morgan fingerprint density at radius 1 is 1.17 bits per heavy atom. The molecule has 4 aliphatic rings. The van der Waals surface area contributed by atoms with E-state index in [0.29, 0.717) is 6.42 Å². The highest BCUT2D eigenvalue weighted by molar-refractivity contribution is 5.91. The summed E-state index contributed by atoms with van der Waals surface area (Å²) in [4.78, 5) is 42.0. The standard InChI is InChI=1S/C29H32N2O5/c1-2-25(19-9-4-3-5-10-19)36-29(35)31-23-13-7-6-11-21(23)28(22-12-8-14-24(22)31)30(20-15-16-20)26(32)17-18-27(33)34/h3-4,6-7,9,11,13,20,22,24-25,28H,2,8,12,14-18H2,1H3,(H,33,34)/t22?,24?,25-,28?/m0/s1. The zero-order chi connectivity index (χ0) is 25.2. The Bertz CT molecular complexity index is 1190. The minimum absolute atomic E-state index is 0.00356. The van der Waals surface area contributed by atoms with Gasteiger partial charge in [-0.05, 0) is 55.9 Å². The number of carbonyl (C=O) groups excluding carboxylic acids is 2. The molecule has 0 bridgehead atoms. The second kappa shape index (κ2) is 10.2. The van der Waals surface area contributed by atoms with Crippen molar-refractivity contribution in [2.24, 2.45) is 5.92 Å². The maximum atomic E-state index is 13.7. The summed E-state index contributed by atoms with van der Waals surface area (Å²) in [5.41, 5.74) is 8.52. The second-order valence-electron chi connectivity index (χ2n) is 9.99. The molecule has 3 unspecified atom stereocenters. The number of ether oxygens (including phenoxy) is 1. The van der Waals surface area contributed by atoms with Crippen molar-refractivity contribution in [2.45, 2.75) is 82.5 Å². The zero-order valence-corrected chi connectivity index (χ0v) is 20.6. The fraction of sp³-hybridized carbons (Fsp3) is 0.483. The van der Waals surface area contributed by atoms with Crippen LogP contribution in [0.1, 0.15) is 69.9 Å². The van der Waals surface area contributed by atoms with Gasteiger partial charge in [0, 0.05) is 30.0 Å². The third kappa shape index (κ3) is 4.65. The first-order valence-corrected chi connectivity index (χ1v) is 13.0. The third-order valence-corrected chi connectivity index (χ3v) is 7.69. The fourth-order valence-corrected chi connectivity index (χ4v) is 6.00. The minimum atomic E-state index is -0.963. The number of allylic oxidation sites excluding steroid dienone is 2. The third-order valence-electron chi connectivity index (χ3n) is 7.69. The smallest absolute Gasteiger partial charge is 0.415 e. The predicted octanol–water partition coefficient (Wildman–Crippen LogP) is 5.29. The lowest BCUT2D eigenvalue weighted by Crippen LogP contribution is -2.53. The van der Waals surface area contributed by atoms with E-state index < -0.39 is 12.1 Å². The molecular weight excluding hydrogens is 456 g/mol. The van der Waals surface area contributed by atoms with Gasteiger partial charge in [-0.25, -0.2) is 4.79 Å². The van der Waals surface area contributed by atoms with Crippen LogP contribution < -0.4 is 4.90 Å². The fourth-order valence-electron chi connectivity index (χ4n) is 6.00. The van der Waals surface area contributed by atoms with Crippen LogP contribution in [0, 0.1) is 5.92 Å². The number of amides is 2. The predicted molar refractivity (Wildman–Crippen MR) is 134 cm³/mol. The number of benzene rings is 1. The quantitative estimate of drug-likeness (QED) is 0.502. The molecule has 2 amide bonds. The molecule has 7 heteroatoms. The van der Waals surface area contributed by atoms with Crippen LogP contribution in [0.5, 0.6) is 0 Å². The van der Waals surface area contributed by atoms with E-state index in [1.807, 2.05) is 53.1 Å². The number of aliphatic carboxylic acids is 1. The van der Waals surface area contributed by atoms with Gasteiger partial charge in [0.25, 0.3) is 0 Å². The molecule has 1 aromatic rings. The summed E-state index contributed by atoms with van der Waals surface area (Å²) in [5.74, 6) is -0.989. The molecule has 0 saturated heterocycles. The van der Waals surface area contributed by atoms with Gasteiger partial charge < -0.3 is 14.7 Å². The van der Waals surface area contributed by atoms with Crippen molar-refractivity contribution in [1.29, 1.82) is 0 Å². The molecular formula is C29H32N2O5. The number of fused-ring (bicyclic) bond motifs is 2. The number of carboxylic acid groups (broad SMARTS) is 1. The number of rotatable bonds is 8. The Kier molecular flexibility index (Phi) is 6.86. The van der Waals surface area contributed by atoms with E-state index in [4.69, 9.17) is 9.84 Å². The number of nitrogens with zero attached hydrogens (tertiary/aromatic N) is 2. The van der Waals surface area contributed by atoms with Gasteiger partial charge in [-0.15, -0.1) is 0 Å². The van der Waals surface area contributed by atoms with E-state index in [2.05, 4.69) is 11.5 Å². The maximum absolute atomic E-state index is 13.7. The molecule has 4 atom stereocenters. The molecule has 7 nitrogen and oxygen atoms in total. The zero-order valence-electron chi connectivity index (χ0n) is 20.6. The van der Waals surface area contributed by atoms with Crippen LogP contribution in [0.15, 0.2) is 59.5 Å². The summed E-state index contributed by atoms with van der Waals surface area (Å²) < 4.78 is 6.05. The van der Waals surface area contributed by atoms with Crippen molar-refractivity contribution in [3.63, 3.8) is 0 Å². The van der Waals surface area contributed by atoms with Gasteiger partial charge in [0.05, 0.1) is 18.2 Å². The van der Waals surface area contributed by atoms with Crippen LogP contribution >= 0.6 is 0 Å². The molecule has 1 N–H and O–H groups in total. The maximum Gasteiger partial charge on any atom is 0.415 e. The van der Waals surface area contributed by atoms with Crippen molar-refractivity contribution < 1.29 is 24.2 Å². The van der Waals surface area contributed by atoms with Gasteiger partial charge in [0.2, 0.25) is 5.91 Å². The van der Waals surface area contributed by atoms with Gasteiger partial charge in [0.1, 0.15) is 6.10 Å². The monoisotopic (exact) mass is 488 g/mol. The second-order valence-corrected chi connectivity index (χ2v) is 9.99. The summed E-state index contributed by atoms with van der Waals surface area (Å²) in [5, 5.41) is 9.15. The van der Waals surface area contributed by atoms with Crippen LogP contribution in [-0.4, -0.2) is 46.2 Å². The van der Waals surface area contributed by atoms with Gasteiger partial charge in [-0.3, -0.25) is 14.5 Å². The van der Waals surface area contributed by atoms with Gasteiger partial charge in [0.15, 0.2) is 0 Å². The summed E-state index contributed by atoms with van der Waals surface area (Å²) in [6.45, 7) is 1.98. The van der Waals surface area contributed by atoms with Gasteiger partial charge in [-0.1, -0.05) is 49.1 Å². The Morgan fingerprint density at radius 3 is 2.67 bits per heavy atom. The first-order valence-electron chi connectivity index (χ1n) is 13.0. The molecule has 0 radical (unpaired) electrons. The average Bonchev–Trinajstić information content (AvgIpc) is 3.61. The van der Waals surface area contributed by atoms with E-state index in [1.54, 1.807) is 6.08 Å². The Hall–Kier alpha value is -3.53. The van der Waals surface area contributed by atoms with E-state index in [9.17, 15) is 14.4 Å². The van der Waals surface area contributed by atoms with Crippen LogP contribution in [0.2, 0.25) is 0 Å². The van der Waals surface area contributed by atoms with Crippen molar-refractivity contribution in [1.82, 2.24) is 4.90 Å². The van der Waals surface area contributed by atoms with Crippen LogP contribution in [0.25, 0.3) is 0 Å². The highest BCUT2D eigenvalue weighted by atomic mass is 16.6. The van der Waals surface area contributed by atoms with Crippen LogP contribution in [0.3, 0.4) is 0 Å². The molecule has 5 rings (SSSR count). The molecule has 36 heavy (non-hydrogen) atoms. The number of carbonyl (C=O) groups is 3. The number of anilines is 1. The Labute approximate surface area is 211 Å². The Morgan fingerprint density at radius 2 is 1.97 bits per heavy atom. The number of carboxylic acids is 1. The summed E-state index contributed by atoms with van der Waals surface area (Å²) in [6.07, 6.45) is 9.76. The lowest BCUT2D eigenvalue weighted by molar-refractivity contribution is -0.142. The van der Waals surface area contributed by atoms with Crippen molar-refractivity contribution in [3.8, 4) is 0 Å². The minimum Gasteiger partial charge on any atom is -0.481 e. The largest absolute Gasteiger partial charge is 0.481 e. The molecule has 188 valence electrons. The highest BCUT2D eigenvalue weighted by Crippen LogP contribution is 2.52. The number of hydrogen-bond acceptors (Lipinski definition) is 4. The molecule has 3 aliphatic carbocycles. The first-order chi connectivity index (χ1) is 17.5. The average molecular weight is 489 g/mol. The van der Waals surface area contributed by atoms with Crippen LogP contribution in [-0.2, 0) is 14.3 Å².